The average Bonchev–Trinajstić information content (AvgIpc) is 2.83. The van der Waals surface area contributed by atoms with Crippen molar-refractivity contribution in [3.63, 3.8) is 0 Å². The number of aliphatic hydroxyl groups is 1. The standard InChI is InChI=1S/C24H28N6O3/c1-29(22(31)7-12-28-23(32)18-4-2-9-25-14-18)16-24(33)8-3-13-30(17-24)21-6-11-27-20-5-10-26-15-19(20)21/h2,4-6,9-11,14-15,33H,3,7-8,12-13,16-17H2,1H3,(H,28,32). The third kappa shape index (κ3) is 5.43. The Hall–Kier alpha value is -3.59. The Morgan fingerprint density at radius 1 is 1.18 bits per heavy atom. The number of piperidine rings is 1. The van der Waals surface area contributed by atoms with Crippen LogP contribution in [0.15, 0.2) is 55.2 Å². The summed E-state index contributed by atoms with van der Waals surface area (Å²) in [5.41, 5.74) is 1.27. The Balaban J connectivity index is 1.33. The van der Waals surface area contributed by atoms with Crippen molar-refractivity contribution in [2.45, 2.75) is 24.9 Å². The highest BCUT2D eigenvalue weighted by Gasteiger charge is 2.36. The Morgan fingerprint density at radius 3 is 2.85 bits per heavy atom. The van der Waals surface area contributed by atoms with Crippen LogP contribution in [0.2, 0.25) is 0 Å². The molecule has 1 unspecified atom stereocenters. The summed E-state index contributed by atoms with van der Waals surface area (Å²) in [6.07, 6.45) is 9.93. The Morgan fingerprint density at radius 2 is 2.03 bits per heavy atom. The molecule has 172 valence electrons. The van der Waals surface area contributed by atoms with E-state index in [0.717, 1.165) is 29.6 Å². The van der Waals surface area contributed by atoms with Crippen molar-refractivity contribution in [1.82, 2.24) is 25.2 Å². The third-order valence-corrected chi connectivity index (χ3v) is 5.92. The van der Waals surface area contributed by atoms with Crippen molar-refractivity contribution in [1.29, 1.82) is 0 Å². The van der Waals surface area contributed by atoms with Crippen LogP contribution in [-0.2, 0) is 4.79 Å². The van der Waals surface area contributed by atoms with Gasteiger partial charge < -0.3 is 20.2 Å². The molecule has 0 saturated carbocycles. The van der Waals surface area contributed by atoms with E-state index in [9.17, 15) is 14.7 Å². The average molecular weight is 449 g/mol. The Bertz CT molecular complexity index is 1120. The Labute approximate surface area is 192 Å². The Kier molecular flexibility index (Phi) is 6.79. The molecule has 0 aromatic carbocycles. The van der Waals surface area contributed by atoms with Crippen molar-refractivity contribution in [2.24, 2.45) is 0 Å². The first-order valence-electron chi connectivity index (χ1n) is 11.0. The zero-order chi connectivity index (χ0) is 23.3. The van der Waals surface area contributed by atoms with Crippen LogP contribution < -0.4 is 10.2 Å². The summed E-state index contributed by atoms with van der Waals surface area (Å²) in [4.78, 5) is 40.9. The van der Waals surface area contributed by atoms with Crippen molar-refractivity contribution in [3.8, 4) is 0 Å². The van der Waals surface area contributed by atoms with Crippen LogP contribution >= 0.6 is 0 Å². The maximum absolute atomic E-state index is 12.6. The fraction of sp³-hybridized carbons (Fsp3) is 0.375. The number of likely N-dealkylation sites (N-methyl/N-ethyl adjacent to an activating group) is 1. The highest BCUT2D eigenvalue weighted by Crippen LogP contribution is 2.30. The molecule has 9 nitrogen and oxygen atoms in total. The minimum absolute atomic E-state index is 0.134. The quantitative estimate of drug-likeness (QED) is 0.565. The van der Waals surface area contributed by atoms with Crippen molar-refractivity contribution < 1.29 is 14.7 Å². The molecule has 0 radical (unpaired) electrons. The van der Waals surface area contributed by atoms with E-state index in [-0.39, 0.29) is 31.3 Å². The maximum atomic E-state index is 12.6. The predicted octanol–water partition coefficient (Wildman–Crippen LogP) is 1.63. The summed E-state index contributed by atoms with van der Waals surface area (Å²) in [6, 6.07) is 7.17. The fourth-order valence-electron chi connectivity index (χ4n) is 4.30. The number of β-amino-alcohol motifs (C(OH)–C–C–N with tert-alkyl or cyclic N) is 1. The van der Waals surface area contributed by atoms with Crippen LogP contribution in [0.3, 0.4) is 0 Å². The third-order valence-electron chi connectivity index (χ3n) is 5.92. The smallest absolute Gasteiger partial charge is 0.252 e. The molecule has 1 fully saturated rings. The first kappa shape index (κ1) is 22.6. The van der Waals surface area contributed by atoms with Gasteiger partial charge in [0.1, 0.15) is 0 Å². The summed E-state index contributed by atoms with van der Waals surface area (Å²) in [7, 11) is 1.69. The molecule has 2 amide bonds. The van der Waals surface area contributed by atoms with Gasteiger partial charge in [0.2, 0.25) is 5.91 Å². The second-order valence-corrected chi connectivity index (χ2v) is 8.47. The van der Waals surface area contributed by atoms with Crippen molar-refractivity contribution in [3.05, 3.63) is 60.8 Å². The SMILES string of the molecule is CN(CC1(O)CCCN(c2ccnc3ccncc23)C1)C(=O)CCNC(=O)c1cccnc1. The van der Waals surface area contributed by atoms with Gasteiger partial charge in [-0.1, -0.05) is 0 Å². The van der Waals surface area contributed by atoms with E-state index in [1.54, 1.807) is 48.9 Å². The van der Waals surface area contributed by atoms with Crippen LogP contribution in [0, 0.1) is 0 Å². The molecule has 33 heavy (non-hydrogen) atoms. The lowest BCUT2D eigenvalue weighted by Gasteiger charge is -2.42. The molecule has 4 heterocycles. The highest BCUT2D eigenvalue weighted by atomic mass is 16.3. The molecule has 1 atom stereocenters. The monoisotopic (exact) mass is 448 g/mol. The number of pyridine rings is 3. The number of nitrogens with zero attached hydrogens (tertiary/aromatic N) is 5. The number of hydrogen-bond donors (Lipinski definition) is 2. The largest absolute Gasteiger partial charge is 0.386 e. The molecule has 0 aliphatic carbocycles. The summed E-state index contributed by atoms with van der Waals surface area (Å²) in [5, 5.41) is 15.0. The van der Waals surface area contributed by atoms with Crippen LogP contribution in [0.5, 0.6) is 0 Å². The minimum Gasteiger partial charge on any atom is -0.386 e. The molecule has 4 rings (SSSR count). The van der Waals surface area contributed by atoms with Crippen LogP contribution in [0.25, 0.3) is 10.9 Å². The van der Waals surface area contributed by atoms with E-state index in [0.29, 0.717) is 18.5 Å². The van der Waals surface area contributed by atoms with Crippen molar-refractivity contribution in [2.75, 3.05) is 38.1 Å². The second-order valence-electron chi connectivity index (χ2n) is 8.47. The van der Waals surface area contributed by atoms with Gasteiger partial charge in [-0.15, -0.1) is 0 Å². The summed E-state index contributed by atoms with van der Waals surface area (Å²) >= 11 is 0. The molecule has 1 aliphatic rings. The van der Waals surface area contributed by atoms with Gasteiger partial charge in [-0.3, -0.25) is 24.5 Å². The fourth-order valence-corrected chi connectivity index (χ4v) is 4.30. The van der Waals surface area contributed by atoms with E-state index in [1.807, 2.05) is 12.1 Å². The summed E-state index contributed by atoms with van der Waals surface area (Å²) < 4.78 is 0. The molecule has 0 bridgehead atoms. The summed E-state index contributed by atoms with van der Waals surface area (Å²) in [5.74, 6) is -0.398. The number of anilines is 1. The lowest BCUT2D eigenvalue weighted by Crippen LogP contribution is -2.55. The lowest BCUT2D eigenvalue weighted by atomic mass is 9.91. The predicted molar refractivity (Wildman–Crippen MR) is 125 cm³/mol. The molecule has 1 aliphatic heterocycles. The first-order chi connectivity index (χ1) is 16.0. The van der Waals surface area contributed by atoms with Gasteiger partial charge in [0.25, 0.3) is 5.91 Å². The molecule has 9 heteroatoms. The number of aromatic nitrogens is 3. The van der Waals surface area contributed by atoms with E-state index < -0.39 is 5.60 Å². The number of carbonyl (C=O) groups is 2. The second kappa shape index (κ2) is 9.91. The van der Waals surface area contributed by atoms with E-state index in [2.05, 4.69) is 25.2 Å². The first-order valence-corrected chi connectivity index (χ1v) is 11.0. The number of amides is 2. The molecule has 3 aromatic heterocycles. The van der Waals surface area contributed by atoms with E-state index in [4.69, 9.17) is 0 Å². The topological polar surface area (TPSA) is 112 Å². The zero-order valence-corrected chi connectivity index (χ0v) is 18.6. The number of fused-ring (bicyclic) bond motifs is 1. The number of carbonyl (C=O) groups excluding carboxylic acids is 2. The molecule has 3 aromatic rings. The molecular weight excluding hydrogens is 420 g/mol. The van der Waals surface area contributed by atoms with Gasteiger partial charge in [-0.2, -0.15) is 0 Å². The van der Waals surface area contributed by atoms with E-state index >= 15 is 0 Å². The number of nitrogens with one attached hydrogen (secondary N) is 1. The summed E-state index contributed by atoms with van der Waals surface area (Å²) in [6.45, 7) is 1.67. The van der Waals surface area contributed by atoms with Gasteiger partial charge >= 0.3 is 0 Å². The van der Waals surface area contributed by atoms with Crippen LogP contribution in [0.4, 0.5) is 5.69 Å². The van der Waals surface area contributed by atoms with Crippen LogP contribution in [0.1, 0.15) is 29.6 Å². The molecule has 0 spiro atoms. The van der Waals surface area contributed by atoms with Gasteiger partial charge in [0, 0.05) is 75.2 Å². The highest BCUT2D eigenvalue weighted by molar-refractivity contribution is 5.94. The van der Waals surface area contributed by atoms with Gasteiger partial charge in [-0.05, 0) is 37.1 Å². The molecular formula is C24H28N6O3. The lowest BCUT2D eigenvalue weighted by molar-refractivity contribution is -0.133. The van der Waals surface area contributed by atoms with Crippen LogP contribution in [-0.4, -0.2) is 75.6 Å². The van der Waals surface area contributed by atoms with Gasteiger partial charge in [0.15, 0.2) is 0 Å². The maximum Gasteiger partial charge on any atom is 0.252 e. The molecule has 1 saturated heterocycles. The van der Waals surface area contributed by atoms with Crippen molar-refractivity contribution >= 4 is 28.4 Å². The zero-order valence-electron chi connectivity index (χ0n) is 18.6. The number of hydrogen-bond acceptors (Lipinski definition) is 7. The number of rotatable bonds is 7. The normalized spacial score (nSPS) is 18.2. The molecule has 2 N–H and O–H groups in total. The van der Waals surface area contributed by atoms with Gasteiger partial charge in [0.05, 0.1) is 23.2 Å². The van der Waals surface area contributed by atoms with Gasteiger partial charge in [-0.25, -0.2) is 0 Å². The van der Waals surface area contributed by atoms with E-state index in [1.165, 1.54) is 6.20 Å². The minimum atomic E-state index is -1.03.